The van der Waals surface area contributed by atoms with Gasteiger partial charge in [-0.15, -0.1) is 0 Å². The Bertz CT molecular complexity index is 1040. The van der Waals surface area contributed by atoms with E-state index in [1.165, 1.54) is 10.9 Å². The molecular weight excluding hydrogens is 366 g/mol. The first-order valence-electron chi connectivity index (χ1n) is 6.89. The van der Waals surface area contributed by atoms with E-state index in [0.717, 1.165) is 18.2 Å². The molecule has 1 N–H and O–H groups in total. The molecule has 0 atom stereocenters. The van der Waals surface area contributed by atoms with Gasteiger partial charge in [-0.05, 0) is 29.9 Å². The van der Waals surface area contributed by atoms with Gasteiger partial charge in [-0.3, -0.25) is 10.1 Å². The normalized spacial score (nSPS) is 11.1. The molecule has 3 rings (SSSR count). The van der Waals surface area contributed by atoms with Gasteiger partial charge in [-0.2, -0.15) is 14.9 Å². The third-order valence-corrected chi connectivity index (χ3v) is 3.88. The van der Waals surface area contributed by atoms with Crippen LogP contribution in [0.15, 0.2) is 47.6 Å². The van der Waals surface area contributed by atoms with Crippen molar-refractivity contribution in [1.82, 2.24) is 14.9 Å². The number of H-pyrrole nitrogens is 1. The van der Waals surface area contributed by atoms with Crippen LogP contribution in [0.1, 0.15) is 5.56 Å². The van der Waals surface area contributed by atoms with E-state index in [1.807, 2.05) is 0 Å². The summed E-state index contributed by atoms with van der Waals surface area (Å²) in [6, 6.07) is 10.4. The highest BCUT2D eigenvalue weighted by Crippen LogP contribution is 2.26. The van der Waals surface area contributed by atoms with Crippen LogP contribution in [-0.2, 0) is 0 Å². The average molecular weight is 375 g/mol. The lowest BCUT2D eigenvalue weighted by atomic mass is 10.2. The largest absolute Gasteiger partial charge is 0.872 e. The van der Waals surface area contributed by atoms with Crippen LogP contribution in [0.2, 0.25) is 5.02 Å². The molecule has 0 saturated carbocycles. The van der Waals surface area contributed by atoms with Crippen LogP contribution < -0.4 is 5.11 Å². The van der Waals surface area contributed by atoms with Crippen LogP contribution >= 0.6 is 23.8 Å². The van der Waals surface area contributed by atoms with Gasteiger partial charge in [0, 0.05) is 17.7 Å². The minimum atomic E-state index is -0.588. The Morgan fingerprint density at radius 3 is 2.80 bits per heavy atom. The molecule has 0 aliphatic carbocycles. The zero-order chi connectivity index (χ0) is 18.0. The first-order chi connectivity index (χ1) is 12.0. The van der Waals surface area contributed by atoms with Crippen molar-refractivity contribution in [2.24, 2.45) is 5.10 Å². The number of aromatic nitrogens is 3. The number of aromatic amines is 1. The lowest BCUT2D eigenvalue weighted by Crippen LogP contribution is -2.00. The van der Waals surface area contributed by atoms with Gasteiger partial charge in [0.25, 0.3) is 5.69 Å². The zero-order valence-electron chi connectivity index (χ0n) is 12.4. The SMILES string of the molecule is O=[N+]([O-])c1ccc([O-])c(/C=N\n2c(-c3ccccc3Cl)n[nH]c2=S)c1. The van der Waals surface area contributed by atoms with Crippen molar-refractivity contribution in [2.45, 2.75) is 0 Å². The fourth-order valence-electron chi connectivity index (χ4n) is 2.09. The molecule has 1 heterocycles. The lowest BCUT2D eigenvalue weighted by Gasteiger charge is -2.09. The van der Waals surface area contributed by atoms with Gasteiger partial charge in [0.15, 0.2) is 5.82 Å². The molecule has 3 aromatic rings. The van der Waals surface area contributed by atoms with Gasteiger partial charge >= 0.3 is 0 Å². The number of benzene rings is 2. The summed E-state index contributed by atoms with van der Waals surface area (Å²) >= 11 is 11.3. The van der Waals surface area contributed by atoms with Crippen LogP contribution in [0.25, 0.3) is 11.4 Å². The fraction of sp³-hybridized carbons (Fsp3) is 0. The molecular formula is C15H9ClN5O3S-. The van der Waals surface area contributed by atoms with Crippen molar-refractivity contribution in [3.05, 3.63) is 67.9 Å². The number of halogens is 1. The number of nitro groups is 1. The van der Waals surface area contributed by atoms with Crippen molar-refractivity contribution < 1.29 is 10.0 Å². The van der Waals surface area contributed by atoms with Crippen molar-refractivity contribution in [3.63, 3.8) is 0 Å². The molecule has 0 amide bonds. The molecule has 0 radical (unpaired) electrons. The maximum Gasteiger partial charge on any atom is 0.270 e. The summed E-state index contributed by atoms with van der Waals surface area (Å²) in [6.45, 7) is 0. The molecule has 10 heteroatoms. The summed E-state index contributed by atoms with van der Waals surface area (Å²) < 4.78 is 1.47. The van der Waals surface area contributed by atoms with E-state index < -0.39 is 10.7 Å². The van der Waals surface area contributed by atoms with Gasteiger partial charge in [-0.25, -0.2) is 5.10 Å². The van der Waals surface area contributed by atoms with E-state index in [-0.39, 0.29) is 16.0 Å². The van der Waals surface area contributed by atoms with Gasteiger partial charge in [-0.1, -0.05) is 35.5 Å². The van der Waals surface area contributed by atoms with Crippen LogP contribution in [-0.4, -0.2) is 26.0 Å². The maximum atomic E-state index is 11.9. The molecule has 0 saturated heterocycles. The highest BCUT2D eigenvalue weighted by molar-refractivity contribution is 7.71. The van der Waals surface area contributed by atoms with E-state index in [4.69, 9.17) is 23.8 Å². The number of non-ortho nitro benzene ring substituents is 1. The third kappa shape index (κ3) is 3.42. The van der Waals surface area contributed by atoms with E-state index in [9.17, 15) is 15.2 Å². The first kappa shape index (κ1) is 16.8. The Morgan fingerprint density at radius 1 is 1.32 bits per heavy atom. The van der Waals surface area contributed by atoms with Crippen LogP contribution in [0.4, 0.5) is 5.69 Å². The van der Waals surface area contributed by atoms with Gasteiger partial charge < -0.3 is 5.11 Å². The summed E-state index contributed by atoms with van der Waals surface area (Å²) in [6.07, 6.45) is 1.20. The number of nitrogens with one attached hydrogen (secondary N) is 1. The first-order valence-corrected chi connectivity index (χ1v) is 7.68. The fourth-order valence-corrected chi connectivity index (χ4v) is 2.49. The molecule has 0 spiro atoms. The number of nitrogens with zero attached hydrogens (tertiary/aromatic N) is 4. The van der Waals surface area contributed by atoms with Crippen molar-refractivity contribution >= 4 is 35.7 Å². The smallest absolute Gasteiger partial charge is 0.270 e. The standard InChI is InChI=1S/C15H10ClN5O3S/c16-12-4-2-1-3-11(12)14-18-19-15(25)20(14)17-8-9-7-10(21(23)24)5-6-13(9)22/h1-8,22H,(H,19,25)/p-1/b17-8-. The molecule has 126 valence electrons. The molecule has 1 aromatic heterocycles. The quantitative estimate of drug-likeness (QED) is 0.326. The Morgan fingerprint density at radius 2 is 2.08 bits per heavy atom. The van der Waals surface area contributed by atoms with E-state index in [2.05, 4.69) is 15.3 Å². The molecule has 8 nitrogen and oxygen atoms in total. The second kappa shape index (κ2) is 6.83. The minimum absolute atomic E-state index is 0.0578. The topological polar surface area (TPSA) is 112 Å². The third-order valence-electron chi connectivity index (χ3n) is 3.28. The van der Waals surface area contributed by atoms with E-state index in [1.54, 1.807) is 24.3 Å². The number of rotatable bonds is 4. The Hall–Kier alpha value is -3.04. The van der Waals surface area contributed by atoms with E-state index in [0.29, 0.717) is 16.4 Å². The summed E-state index contributed by atoms with van der Waals surface area (Å²) in [4.78, 5) is 10.2. The summed E-state index contributed by atoms with van der Waals surface area (Å²) in [5, 5.41) is 34.0. The molecule has 2 aromatic carbocycles. The van der Waals surface area contributed by atoms with Crippen molar-refractivity contribution in [3.8, 4) is 17.1 Å². The highest BCUT2D eigenvalue weighted by atomic mass is 35.5. The Balaban J connectivity index is 2.05. The average Bonchev–Trinajstić information content (AvgIpc) is 2.95. The Labute approximate surface area is 151 Å². The summed E-state index contributed by atoms with van der Waals surface area (Å²) in [5.41, 5.74) is 0.445. The van der Waals surface area contributed by atoms with Crippen molar-refractivity contribution in [2.75, 3.05) is 0 Å². The zero-order valence-corrected chi connectivity index (χ0v) is 14.0. The molecule has 0 bridgehead atoms. The molecule has 0 unspecified atom stereocenters. The van der Waals surface area contributed by atoms with Crippen LogP contribution in [0.5, 0.6) is 5.75 Å². The number of hydrogen-bond acceptors (Lipinski definition) is 6. The van der Waals surface area contributed by atoms with Crippen LogP contribution in [0.3, 0.4) is 0 Å². The van der Waals surface area contributed by atoms with Gasteiger partial charge in [0.2, 0.25) is 4.77 Å². The van der Waals surface area contributed by atoms with Crippen molar-refractivity contribution in [1.29, 1.82) is 0 Å². The van der Waals surface area contributed by atoms with Crippen LogP contribution in [0, 0.1) is 14.9 Å². The van der Waals surface area contributed by atoms with Gasteiger partial charge in [0.05, 0.1) is 16.2 Å². The monoisotopic (exact) mass is 374 g/mol. The predicted octanol–water partition coefficient (Wildman–Crippen LogP) is 3.13. The molecule has 0 aliphatic heterocycles. The molecule has 25 heavy (non-hydrogen) atoms. The predicted molar refractivity (Wildman–Crippen MR) is 93.4 cm³/mol. The minimum Gasteiger partial charge on any atom is -0.872 e. The molecule has 0 aliphatic rings. The lowest BCUT2D eigenvalue weighted by molar-refractivity contribution is -0.385. The second-order valence-corrected chi connectivity index (χ2v) is 5.66. The highest BCUT2D eigenvalue weighted by Gasteiger charge is 2.11. The van der Waals surface area contributed by atoms with Gasteiger partial charge in [0.1, 0.15) is 0 Å². The maximum absolute atomic E-state index is 11.9. The summed E-state index contributed by atoms with van der Waals surface area (Å²) in [7, 11) is 0. The summed E-state index contributed by atoms with van der Waals surface area (Å²) in [5.74, 6) is -0.0478. The Kier molecular flexibility index (Phi) is 4.59. The number of nitro benzene ring substituents is 1. The van der Waals surface area contributed by atoms with E-state index >= 15 is 0 Å². The number of hydrogen-bond donors (Lipinski definition) is 1. The molecule has 0 fully saturated rings. The second-order valence-electron chi connectivity index (χ2n) is 4.87.